The molecule has 1 fully saturated rings. The van der Waals surface area contributed by atoms with Gasteiger partial charge in [0.1, 0.15) is 5.75 Å². The molecule has 3 atom stereocenters. The number of phenols is 1. The molecule has 3 heteroatoms. The van der Waals surface area contributed by atoms with Crippen LogP contribution in [-0.4, -0.2) is 28.5 Å². The first kappa shape index (κ1) is 15.3. The maximum Gasteiger partial charge on any atom is 0.254 e. The van der Waals surface area contributed by atoms with Crippen LogP contribution in [-0.2, 0) is 11.8 Å². The SMILES string of the molecule is CC1C2Cc3ccc(O)cc3C1(C)CCN2C(=O)c1ccccc1. The predicted octanol–water partition coefficient (Wildman–Crippen LogP) is 3.76. The third-order valence-corrected chi connectivity index (χ3v) is 6.27. The van der Waals surface area contributed by atoms with Gasteiger partial charge in [-0.2, -0.15) is 0 Å². The minimum absolute atomic E-state index is 0.0183. The average Bonchev–Trinajstić information content (AvgIpc) is 2.59. The summed E-state index contributed by atoms with van der Waals surface area (Å²) < 4.78 is 0. The monoisotopic (exact) mass is 321 g/mol. The number of hydrogen-bond acceptors (Lipinski definition) is 2. The van der Waals surface area contributed by atoms with Crippen LogP contribution in [0.4, 0.5) is 0 Å². The first-order chi connectivity index (χ1) is 11.5. The molecule has 1 aliphatic carbocycles. The number of hydrogen-bond donors (Lipinski definition) is 1. The normalized spacial score (nSPS) is 28.3. The number of amides is 1. The van der Waals surface area contributed by atoms with Crippen LogP contribution in [0.2, 0.25) is 0 Å². The highest BCUT2D eigenvalue weighted by Crippen LogP contribution is 2.49. The molecule has 1 saturated heterocycles. The van der Waals surface area contributed by atoms with Gasteiger partial charge in [-0.25, -0.2) is 0 Å². The molecule has 1 N–H and O–H groups in total. The summed E-state index contributed by atoms with van der Waals surface area (Å²) in [7, 11) is 0. The van der Waals surface area contributed by atoms with Gasteiger partial charge in [-0.1, -0.05) is 38.1 Å². The molecule has 0 spiro atoms. The van der Waals surface area contributed by atoms with Crippen molar-refractivity contribution in [1.82, 2.24) is 4.90 Å². The number of rotatable bonds is 1. The second kappa shape index (κ2) is 5.37. The number of carbonyl (C=O) groups is 1. The molecule has 1 amide bonds. The molecule has 2 bridgehead atoms. The minimum Gasteiger partial charge on any atom is -0.508 e. The van der Waals surface area contributed by atoms with E-state index in [1.54, 1.807) is 6.07 Å². The molecule has 2 aliphatic rings. The Labute approximate surface area is 142 Å². The Balaban J connectivity index is 1.73. The first-order valence-electron chi connectivity index (χ1n) is 8.69. The lowest BCUT2D eigenvalue weighted by Gasteiger charge is -2.54. The van der Waals surface area contributed by atoms with Crippen molar-refractivity contribution in [2.45, 2.75) is 38.1 Å². The van der Waals surface area contributed by atoms with Crippen molar-refractivity contribution in [3.05, 3.63) is 65.2 Å². The van der Waals surface area contributed by atoms with Crippen LogP contribution in [0.15, 0.2) is 48.5 Å². The van der Waals surface area contributed by atoms with Crippen molar-refractivity contribution in [1.29, 1.82) is 0 Å². The molecule has 0 radical (unpaired) electrons. The zero-order valence-electron chi connectivity index (χ0n) is 14.2. The van der Waals surface area contributed by atoms with E-state index in [1.807, 2.05) is 42.5 Å². The largest absolute Gasteiger partial charge is 0.508 e. The molecule has 24 heavy (non-hydrogen) atoms. The summed E-state index contributed by atoms with van der Waals surface area (Å²) in [6.07, 6.45) is 1.80. The fourth-order valence-corrected chi connectivity index (χ4v) is 4.61. The van der Waals surface area contributed by atoms with Crippen LogP contribution < -0.4 is 0 Å². The van der Waals surface area contributed by atoms with Crippen molar-refractivity contribution in [3.8, 4) is 5.75 Å². The fraction of sp³-hybridized carbons (Fsp3) is 0.381. The molecule has 2 aromatic rings. The van der Waals surface area contributed by atoms with Crippen molar-refractivity contribution in [3.63, 3.8) is 0 Å². The molecule has 1 heterocycles. The summed E-state index contributed by atoms with van der Waals surface area (Å²) in [5, 5.41) is 9.91. The number of fused-ring (bicyclic) bond motifs is 4. The number of nitrogens with zero attached hydrogens (tertiary/aromatic N) is 1. The van der Waals surface area contributed by atoms with E-state index in [0.29, 0.717) is 11.7 Å². The summed E-state index contributed by atoms with van der Waals surface area (Å²) in [6, 6.07) is 15.5. The highest BCUT2D eigenvalue weighted by Gasteiger charge is 2.49. The predicted molar refractivity (Wildman–Crippen MR) is 94.2 cm³/mol. The highest BCUT2D eigenvalue weighted by atomic mass is 16.3. The van der Waals surface area contributed by atoms with Gasteiger partial charge in [0, 0.05) is 18.2 Å². The number of phenolic OH excluding ortho intramolecular Hbond substituents is 1. The van der Waals surface area contributed by atoms with Gasteiger partial charge in [0.15, 0.2) is 0 Å². The zero-order chi connectivity index (χ0) is 16.9. The summed E-state index contributed by atoms with van der Waals surface area (Å²) >= 11 is 0. The maximum atomic E-state index is 13.0. The standard InChI is InChI=1S/C21H23NO2/c1-14-19-12-16-8-9-17(23)13-18(16)21(14,2)10-11-22(19)20(24)15-6-4-3-5-7-15/h3-9,13-14,19,23H,10-12H2,1-2H3. The quantitative estimate of drug-likeness (QED) is 0.869. The van der Waals surface area contributed by atoms with E-state index < -0.39 is 0 Å². The number of likely N-dealkylation sites (tertiary alicyclic amines) is 1. The molecule has 0 aromatic heterocycles. The lowest BCUT2D eigenvalue weighted by Crippen LogP contribution is -2.59. The van der Waals surface area contributed by atoms with Gasteiger partial charge < -0.3 is 10.0 Å². The molecular formula is C21H23NO2. The summed E-state index contributed by atoms with van der Waals surface area (Å²) in [4.78, 5) is 15.1. The van der Waals surface area contributed by atoms with E-state index in [-0.39, 0.29) is 17.4 Å². The van der Waals surface area contributed by atoms with Crippen LogP contribution in [0.5, 0.6) is 5.75 Å². The average molecular weight is 321 g/mol. The van der Waals surface area contributed by atoms with E-state index in [0.717, 1.165) is 24.9 Å². The smallest absolute Gasteiger partial charge is 0.254 e. The lowest BCUT2D eigenvalue weighted by molar-refractivity contribution is 0.0250. The van der Waals surface area contributed by atoms with Crippen LogP contribution in [0.3, 0.4) is 0 Å². The summed E-state index contributed by atoms with van der Waals surface area (Å²) in [5.41, 5.74) is 3.32. The fourth-order valence-electron chi connectivity index (χ4n) is 4.61. The molecule has 1 aliphatic heterocycles. The van der Waals surface area contributed by atoms with Crippen molar-refractivity contribution in [2.75, 3.05) is 6.54 Å². The van der Waals surface area contributed by atoms with Crippen LogP contribution in [0.1, 0.15) is 41.8 Å². The van der Waals surface area contributed by atoms with Gasteiger partial charge in [-0.05, 0) is 59.6 Å². The Kier molecular flexibility index (Phi) is 3.41. The number of carbonyl (C=O) groups excluding carboxylic acids is 1. The van der Waals surface area contributed by atoms with Gasteiger partial charge in [0.25, 0.3) is 5.91 Å². The summed E-state index contributed by atoms with van der Waals surface area (Å²) in [6.45, 7) is 5.31. The number of aromatic hydroxyl groups is 1. The lowest BCUT2D eigenvalue weighted by atomic mass is 9.59. The van der Waals surface area contributed by atoms with Gasteiger partial charge in [0.05, 0.1) is 0 Å². The van der Waals surface area contributed by atoms with Gasteiger partial charge in [-0.3, -0.25) is 4.79 Å². The van der Waals surface area contributed by atoms with Gasteiger partial charge >= 0.3 is 0 Å². The second-order valence-corrected chi connectivity index (χ2v) is 7.43. The Morgan fingerprint density at radius 1 is 1.21 bits per heavy atom. The third kappa shape index (κ3) is 2.15. The topological polar surface area (TPSA) is 40.5 Å². The van der Waals surface area contributed by atoms with E-state index in [9.17, 15) is 9.90 Å². The maximum absolute atomic E-state index is 13.0. The highest BCUT2D eigenvalue weighted by molar-refractivity contribution is 5.94. The van der Waals surface area contributed by atoms with Crippen molar-refractivity contribution < 1.29 is 9.90 Å². The second-order valence-electron chi connectivity index (χ2n) is 7.43. The summed E-state index contributed by atoms with van der Waals surface area (Å²) in [5.74, 6) is 0.841. The van der Waals surface area contributed by atoms with Gasteiger partial charge in [0.2, 0.25) is 0 Å². The van der Waals surface area contributed by atoms with Crippen LogP contribution >= 0.6 is 0 Å². The van der Waals surface area contributed by atoms with Crippen molar-refractivity contribution in [2.24, 2.45) is 5.92 Å². The molecule has 3 nitrogen and oxygen atoms in total. The molecular weight excluding hydrogens is 298 g/mol. The zero-order valence-corrected chi connectivity index (χ0v) is 14.2. The molecule has 4 rings (SSSR count). The first-order valence-corrected chi connectivity index (χ1v) is 8.69. The Bertz CT molecular complexity index is 786. The Morgan fingerprint density at radius 2 is 1.96 bits per heavy atom. The van der Waals surface area contributed by atoms with E-state index in [2.05, 4.69) is 18.7 Å². The molecule has 124 valence electrons. The van der Waals surface area contributed by atoms with Crippen LogP contribution in [0, 0.1) is 5.92 Å². The van der Waals surface area contributed by atoms with Crippen LogP contribution in [0.25, 0.3) is 0 Å². The number of benzene rings is 2. The molecule has 0 saturated carbocycles. The Hall–Kier alpha value is -2.29. The minimum atomic E-state index is 0.0183. The third-order valence-electron chi connectivity index (χ3n) is 6.27. The van der Waals surface area contributed by atoms with E-state index in [4.69, 9.17) is 0 Å². The van der Waals surface area contributed by atoms with Gasteiger partial charge in [-0.15, -0.1) is 0 Å². The van der Waals surface area contributed by atoms with E-state index in [1.165, 1.54) is 11.1 Å². The molecule has 2 aromatic carbocycles. The molecule has 3 unspecified atom stereocenters. The van der Waals surface area contributed by atoms with E-state index >= 15 is 0 Å². The number of piperidine rings is 1. The Morgan fingerprint density at radius 3 is 2.71 bits per heavy atom. The van der Waals surface area contributed by atoms with Crippen molar-refractivity contribution >= 4 is 5.91 Å².